The number of rotatable bonds is 0. The maximum Gasteiger partial charge on any atom is 0.129 e. The van der Waals surface area contributed by atoms with Gasteiger partial charge in [0.25, 0.3) is 0 Å². The van der Waals surface area contributed by atoms with E-state index in [0.717, 1.165) is 0 Å². The van der Waals surface area contributed by atoms with Gasteiger partial charge in [0.05, 0.1) is 13.2 Å². The van der Waals surface area contributed by atoms with Gasteiger partial charge in [-0.25, -0.2) is 4.39 Å². The Morgan fingerprint density at radius 1 is 1.38 bits per heavy atom. The largest absolute Gasteiger partial charge is 0.411 e. The minimum Gasteiger partial charge on any atom is -0.411 e. The first-order valence-electron chi connectivity index (χ1n) is 3.89. The Hall–Kier alpha value is -1.42. The molecule has 2 rings (SSSR count). The Balaban J connectivity index is 2.58. The van der Waals surface area contributed by atoms with E-state index in [4.69, 9.17) is 9.94 Å². The molecule has 1 aromatic rings. The summed E-state index contributed by atoms with van der Waals surface area (Å²) in [6, 6.07) is 4.67. The standard InChI is InChI=1S/C9H8FNO2/c10-8-3-1-2-6-7(8)4-13-5-9(6)11-12/h1-3,12H,4-5H2. The zero-order chi connectivity index (χ0) is 9.26. The minimum atomic E-state index is -0.321. The van der Waals surface area contributed by atoms with Gasteiger partial charge in [-0.1, -0.05) is 17.3 Å². The third kappa shape index (κ3) is 1.29. The van der Waals surface area contributed by atoms with Gasteiger partial charge in [0.15, 0.2) is 0 Å². The van der Waals surface area contributed by atoms with Crippen molar-refractivity contribution in [3.63, 3.8) is 0 Å². The summed E-state index contributed by atoms with van der Waals surface area (Å²) in [7, 11) is 0. The van der Waals surface area contributed by atoms with E-state index in [1.54, 1.807) is 12.1 Å². The molecule has 0 radical (unpaired) electrons. The van der Waals surface area contributed by atoms with E-state index in [2.05, 4.69) is 5.16 Å². The summed E-state index contributed by atoms with van der Waals surface area (Å²) >= 11 is 0. The average Bonchev–Trinajstić information content (AvgIpc) is 2.18. The van der Waals surface area contributed by atoms with Crippen molar-refractivity contribution in [2.24, 2.45) is 5.16 Å². The van der Waals surface area contributed by atoms with Crippen LogP contribution in [0, 0.1) is 5.82 Å². The zero-order valence-corrected chi connectivity index (χ0v) is 6.83. The van der Waals surface area contributed by atoms with Gasteiger partial charge in [-0.05, 0) is 6.07 Å². The summed E-state index contributed by atoms with van der Waals surface area (Å²) in [6.07, 6.45) is 0. The molecule has 3 nitrogen and oxygen atoms in total. The molecule has 1 aliphatic heterocycles. The van der Waals surface area contributed by atoms with Crippen LogP contribution in [0.15, 0.2) is 23.4 Å². The van der Waals surface area contributed by atoms with Gasteiger partial charge in [0.1, 0.15) is 11.5 Å². The van der Waals surface area contributed by atoms with Crippen molar-refractivity contribution in [3.05, 3.63) is 35.1 Å². The fourth-order valence-corrected chi connectivity index (χ4v) is 1.39. The van der Waals surface area contributed by atoms with Crippen LogP contribution in [0.25, 0.3) is 0 Å². The fraction of sp³-hybridized carbons (Fsp3) is 0.222. The van der Waals surface area contributed by atoms with Gasteiger partial charge in [0.2, 0.25) is 0 Å². The highest BCUT2D eigenvalue weighted by Gasteiger charge is 2.18. The summed E-state index contributed by atoms with van der Waals surface area (Å²) in [5, 5.41) is 11.7. The molecule has 13 heavy (non-hydrogen) atoms. The molecule has 4 heteroatoms. The molecule has 0 spiro atoms. The van der Waals surface area contributed by atoms with Crippen molar-refractivity contribution < 1.29 is 14.3 Å². The Bertz CT molecular complexity index is 363. The molecule has 0 atom stereocenters. The van der Waals surface area contributed by atoms with Crippen molar-refractivity contribution >= 4 is 5.71 Å². The Morgan fingerprint density at radius 2 is 2.23 bits per heavy atom. The number of oxime groups is 1. The molecule has 0 unspecified atom stereocenters. The van der Waals surface area contributed by atoms with Crippen LogP contribution in [0.5, 0.6) is 0 Å². The van der Waals surface area contributed by atoms with E-state index in [1.807, 2.05) is 0 Å². The number of ether oxygens (including phenoxy) is 1. The quantitative estimate of drug-likeness (QED) is 0.487. The van der Waals surface area contributed by atoms with Crippen LogP contribution in [0.3, 0.4) is 0 Å². The zero-order valence-electron chi connectivity index (χ0n) is 6.83. The lowest BCUT2D eigenvalue weighted by atomic mass is 10.0. The van der Waals surface area contributed by atoms with E-state index in [1.165, 1.54) is 6.07 Å². The number of hydrogen-bond acceptors (Lipinski definition) is 3. The van der Waals surface area contributed by atoms with E-state index in [9.17, 15) is 4.39 Å². The lowest BCUT2D eigenvalue weighted by molar-refractivity contribution is 0.145. The van der Waals surface area contributed by atoms with E-state index in [0.29, 0.717) is 16.8 Å². The molecule has 1 heterocycles. The summed E-state index contributed by atoms with van der Waals surface area (Å²) in [4.78, 5) is 0. The number of halogens is 1. The molecule has 0 aromatic heterocycles. The van der Waals surface area contributed by atoms with Gasteiger partial charge >= 0.3 is 0 Å². The Labute approximate surface area is 74.4 Å². The van der Waals surface area contributed by atoms with Crippen LogP contribution in [0.1, 0.15) is 11.1 Å². The van der Waals surface area contributed by atoms with Gasteiger partial charge in [-0.3, -0.25) is 0 Å². The molecular formula is C9H8FNO2. The van der Waals surface area contributed by atoms with Crippen molar-refractivity contribution in [2.75, 3.05) is 6.61 Å². The number of benzene rings is 1. The second kappa shape index (κ2) is 3.14. The predicted octanol–water partition coefficient (Wildman–Crippen LogP) is 1.53. The van der Waals surface area contributed by atoms with Gasteiger partial charge < -0.3 is 9.94 Å². The van der Waals surface area contributed by atoms with Gasteiger partial charge in [-0.15, -0.1) is 0 Å². The highest BCUT2D eigenvalue weighted by molar-refractivity contribution is 6.03. The molecule has 0 saturated heterocycles. The SMILES string of the molecule is ON=C1COCc2c(F)cccc21. The Kier molecular flexibility index (Phi) is 1.98. The predicted molar refractivity (Wildman–Crippen MR) is 44.4 cm³/mol. The number of hydrogen-bond donors (Lipinski definition) is 1. The van der Waals surface area contributed by atoms with E-state index < -0.39 is 0 Å². The van der Waals surface area contributed by atoms with Crippen LogP contribution in [0.4, 0.5) is 4.39 Å². The van der Waals surface area contributed by atoms with Crippen LogP contribution in [-0.4, -0.2) is 17.5 Å². The van der Waals surface area contributed by atoms with Crippen molar-refractivity contribution in [1.29, 1.82) is 0 Å². The molecule has 0 aliphatic carbocycles. The van der Waals surface area contributed by atoms with Crippen molar-refractivity contribution in [2.45, 2.75) is 6.61 Å². The Morgan fingerprint density at radius 3 is 3.00 bits per heavy atom. The molecule has 0 fully saturated rings. The minimum absolute atomic E-state index is 0.229. The number of fused-ring (bicyclic) bond motifs is 1. The highest BCUT2D eigenvalue weighted by Crippen LogP contribution is 2.19. The molecular weight excluding hydrogens is 173 g/mol. The first-order valence-corrected chi connectivity index (χ1v) is 3.89. The number of nitrogens with zero attached hydrogens (tertiary/aromatic N) is 1. The third-order valence-corrected chi connectivity index (χ3v) is 2.04. The lowest BCUT2D eigenvalue weighted by Crippen LogP contribution is -2.20. The third-order valence-electron chi connectivity index (χ3n) is 2.04. The second-order valence-corrected chi connectivity index (χ2v) is 2.81. The van der Waals surface area contributed by atoms with Crippen LogP contribution in [-0.2, 0) is 11.3 Å². The monoisotopic (exact) mass is 181 g/mol. The van der Waals surface area contributed by atoms with E-state index in [-0.39, 0.29) is 19.0 Å². The van der Waals surface area contributed by atoms with Gasteiger partial charge in [0, 0.05) is 11.1 Å². The highest BCUT2D eigenvalue weighted by atomic mass is 19.1. The fourth-order valence-electron chi connectivity index (χ4n) is 1.39. The lowest BCUT2D eigenvalue weighted by Gasteiger charge is -2.17. The summed E-state index contributed by atoms with van der Waals surface area (Å²) in [5.74, 6) is -0.321. The van der Waals surface area contributed by atoms with Gasteiger partial charge in [-0.2, -0.15) is 0 Å². The summed E-state index contributed by atoms with van der Waals surface area (Å²) < 4.78 is 18.2. The molecule has 1 aromatic carbocycles. The van der Waals surface area contributed by atoms with Crippen LogP contribution < -0.4 is 0 Å². The second-order valence-electron chi connectivity index (χ2n) is 2.81. The molecule has 0 amide bonds. The summed E-state index contributed by atoms with van der Waals surface area (Å²) in [5.41, 5.74) is 1.47. The first-order chi connectivity index (χ1) is 6.33. The molecule has 1 aliphatic rings. The molecule has 0 bridgehead atoms. The molecule has 1 N–H and O–H groups in total. The topological polar surface area (TPSA) is 41.8 Å². The maximum absolute atomic E-state index is 13.2. The first kappa shape index (κ1) is 8.19. The van der Waals surface area contributed by atoms with Crippen molar-refractivity contribution in [3.8, 4) is 0 Å². The van der Waals surface area contributed by atoms with E-state index >= 15 is 0 Å². The molecule has 0 saturated carbocycles. The smallest absolute Gasteiger partial charge is 0.129 e. The van der Waals surface area contributed by atoms with Crippen molar-refractivity contribution in [1.82, 2.24) is 0 Å². The average molecular weight is 181 g/mol. The van der Waals surface area contributed by atoms with Crippen LogP contribution in [0.2, 0.25) is 0 Å². The summed E-state index contributed by atoms with van der Waals surface area (Å²) in [6.45, 7) is 0.466. The normalized spacial score (nSPS) is 18.7. The van der Waals surface area contributed by atoms with Crippen LogP contribution >= 0.6 is 0 Å². The maximum atomic E-state index is 13.2. The molecule has 68 valence electrons.